The first kappa shape index (κ1) is 11.6. The van der Waals surface area contributed by atoms with Gasteiger partial charge in [0.25, 0.3) is 0 Å². The number of anilines is 1. The Bertz CT molecular complexity index is 315. The van der Waals surface area contributed by atoms with E-state index in [2.05, 4.69) is 11.9 Å². The third kappa shape index (κ3) is 3.31. The zero-order chi connectivity index (χ0) is 11.3. The molecule has 1 unspecified atom stereocenters. The molecule has 4 heteroatoms. The van der Waals surface area contributed by atoms with E-state index < -0.39 is 0 Å². The molecule has 0 aliphatic carbocycles. The number of nitrogen functional groups attached to an aromatic ring is 1. The number of rotatable bonds is 5. The lowest BCUT2D eigenvalue weighted by Crippen LogP contribution is -2.13. The number of ether oxygens (including phenoxy) is 2. The van der Waals surface area contributed by atoms with E-state index in [0.29, 0.717) is 17.4 Å². The summed E-state index contributed by atoms with van der Waals surface area (Å²) >= 11 is 0. The van der Waals surface area contributed by atoms with Crippen molar-refractivity contribution in [2.45, 2.75) is 32.8 Å². The van der Waals surface area contributed by atoms with Crippen molar-refractivity contribution in [3.63, 3.8) is 0 Å². The summed E-state index contributed by atoms with van der Waals surface area (Å²) in [5.41, 5.74) is 6.29. The number of hydrogen-bond acceptors (Lipinski definition) is 4. The number of nitrogens with zero attached hydrogens (tertiary/aromatic N) is 1. The molecule has 0 saturated heterocycles. The van der Waals surface area contributed by atoms with Crippen LogP contribution >= 0.6 is 0 Å². The van der Waals surface area contributed by atoms with E-state index >= 15 is 0 Å². The molecule has 1 rings (SSSR count). The second-order valence-electron chi connectivity index (χ2n) is 3.47. The largest absolute Gasteiger partial charge is 0.481 e. The van der Waals surface area contributed by atoms with Crippen LogP contribution in [-0.2, 0) is 0 Å². The molecule has 15 heavy (non-hydrogen) atoms. The van der Waals surface area contributed by atoms with Gasteiger partial charge in [0.1, 0.15) is 0 Å². The van der Waals surface area contributed by atoms with Gasteiger partial charge in [-0.25, -0.2) is 0 Å². The molecule has 2 N–H and O–H groups in total. The summed E-state index contributed by atoms with van der Waals surface area (Å²) in [6.45, 7) is 4.12. The van der Waals surface area contributed by atoms with Crippen molar-refractivity contribution >= 4 is 5.69 Å². The predicted octanol–water partition coefficient (Wildman–Crippen LogP) is 2.24. The van der Waals surface area contributed by atoms with Crippen LogP contribution in [-0.4, -0.2) is 18.2 Å². The number of pyridine rings is 1. The highest BCUT2D eigenvalue weighted by atomic mass is 16.5. The van der Waals surface area contributed by atoms with Crippen molar-refractivity contribution in [3.05, 3.63) is 12.1 Å². The Morgan fingerprint density at radius 3 is 2.80 bits per heavy atom. The van der Waals surface area contributed by atoms with Crippen LogP contribution in [0.3, 0.4) is 0 Å². The molecule has 0 radical (unpaired) electrons. The van der Waals surface area contributed by atoms with Gasteiger partial charge in [-0.1, -0.05) is 13.3 Å². The van der Waals surface area contributed by atoms with E-state index in [4.69, 9.17) is 15.2 Å². The van der Waals surface area contributed by atoms with Gasteiger partial charge in [0.05, 0.1) is 18.9 Å². The van der Waals surface area contributed by atoms with E-state index in [1.165, 1.54) is 0 Å². The highest BCUT2D eigenvalue weighted by Gasteiger charge is 2.08. The van der Waals surface area contributed by atoms with Gasteiger partial charge in [0, 0.05) is 6.07 Å². The minimum Gasteiger partial charge on any atom is -0.481 e. The second kappa shape index (κ2) is 5.44. The maximum Gasteiger partial charge on any atom is 0.240 e. The molecule has 1 heterocycles. The van der Waals surface area contributed by atoms with Crippen molar-refractivity contribution in [2.75, 3.05) is 12.8 Å². The molecule has 0 bridgehead atoms. The number of hydrogen-bond donors (Lipinski definition) is 1. The maximum absolute atomic E-state index is 5.75. The summed E-state index contributed by atoms with van der Waals surface area (Å²) < 4.78 is 10.6. The van der Waals surface area contributed by atoms with Crippen LogP contribution in [0.5, 0.6) is 11.8 Å². The normalized spacial score (nSPS) is 12.2. The number of nitrogens with two attached hydrogens (primary N) is 1. The van der Waals surface area contributed by atoms with E-state index in [1.807, 2.05) is 6.92 Å². The van der Waals surface area contributed by atoms with Crippen LogP contribution in [0, 0.1) is 0 Å². The van der Waals surface area contributed by atoms with Crippen molar-refractivity contribution in [1.82, 2.24) is 4.98 Å². The summed E-state index contributed by atoms with van der Waals surface area (Å²) in [5.74, 6) is 0.971. The Morgan fingerprint density at radius 2 is 2.20 bits per heavy atom. The van der Waals surface area contributed by atoms with E-state index in [0.717, 1.165) is 12.8 Å². The average Bonchev–Trinajstić information content (AvgIpc) is 2.21. The van der Waals surface area contributed by atoms with E-state index in [9.17, 15) is 0 Å². The summed E-state index contributed by atoms with van der Waals surface area (Å²) in [4.78, 5) is 4.14. The lowest BCUT2D eigenvalue weighted by atomic mass is 10.2. The predicted molar refractivity (Wildman–Crippen MR) is 60.2 cm³/mol. The molecule has 0 aliphatic rings. The van der Waals surface area contributed by atoms with E-state index in [1.54, 1.807) is 19.2 Å². The summed E-state index contributed by atoms with van der Waals surface area (Å²) in [5, 5.41) is 0. The Morgan fingerprint density at radius 1 is 1.47 bits per heavy atom. The fraction of sp³-hybridized carbons (Fsp3) is 0.545. The molecule has 0 saturated carbocycles. The Labute approximate surface area is 90.4 Å². The summed E-state index contributed by atoms with van der Waals surface area (Å²) in [7, 11) is 1.57. The third-order valence-corrected chi connectivity index (χ3v) is 2.08. The lowest BCUT2D eigenvalue weighted by Gasteiger charge is -2.14. The summed E-state index contributed by atoms with van der Waals surface area (Å²) in [6, 6.07) is 3.45. The fourth-order valence-corrected chi connectivity index (χ4v) is 1.30. The Kier molecular flexibility index (Phi) is 4.21. The van der Waals surface area contributed by atoms with Crippen molar-refractivity contribution < 1.29 is 9.47 Å². The minimum absolute atomic E-state index is 0.122. The molecular weight excluding hydrogens is 192 g/mol. The van der Waals surface area contributed by atoms with Crippen LogP contribution in [0.4, 0.5) is 5.69 Å². The SMILES string of the molecule is CCCC(C)Oc1nc(OC)ccc1N. The Balaban J connectivity index is 2.74. The summed E-state index contributed by atoms with van der Waals surface area (Å²) in [6.07, 6.45) is 2.18. The van der Waals surface area contributed by atoms with Gasteiger partial charge in [0.15, 0.2) is 0 Å². The molecule has 1 aromatic rings. The first-order valence-electron chi connectivity index (χ1n) is 5.14. The molecule has 0 fully saturated rings. The first-order chi connectivity index (χ1) is 7.17. The quantitative estimate of drug-likeness (QED) is 0.809. The number of aromatic nitrogens is 1. The van der Waals surface area contributed by atoms with Crippen LogP contribution in [0.25, 0.3) is 0 Å². The molecule has 0 amide bonds. The van der Waals surface area contributed by atoms with Gasteiger partial charge < -0.3 is 15.2 Å². The van der Waals surface area contributed by atoms with Crippen molar-refractivity contribution in [1.29, 1.82) is 0 Å². The third-order valence-electron chi connectivity index (χ3n) is 2.08. The zero-order valence-corrected chi connectivity index (χ0v) is 9.49. The molecule has 1 atom stereocenters. The Hall–Kier alpha value is -1.45. The van der Waals surface area contributed by atoms with Gasteiger partial charge in [-0.3, -0.25) is 0 Å². The monoisotopic (exact) mass is 210 g/mol. The van der Waals surface area contributed by atoms with Crippen LogP contribution in [0.2, 0.25) is 0 Å². The molecule has 0 spiro atoms. The second-order valence-corrected chi connectivity index (χ2v) is 3.47. The van der Waals surface area contributed by atoms with Crippen LogP contribution in [0.1, 0.15) is 26.7 Å². The zero-order valence-electron chi connectivity index (χ0n) is 9.49. The standard InChI is InChI=1S/C11H18N2O2/c1-4-5-8(2)15-11-9(12)6-7-10(13-11)14-3/h6-8H,4-5,12H2,1-3H3. The van der Waals surface area contributed by atoms with Crippen LogP contribution in [0.15, 0.2) is 12.1 Å². The smallest absolute Gasteiger partial charge is 0.240 e. The topological polar surface area (TPSA) is 57.4 Å². The highest BCUT2D eigenvalue weighted by molar-refractivity contribution is 5.49. The lowest BCUT2D eigenvalue weighted by molar-refractivity contribution is 0.200. The average molecular weight is 210 g/mol. The molecular formula is C11H18N2O2. The van der Waals surface area contributed by atoms with Gasteiger partial charge in [-0.15, -0.1) is 0 Å². The molecule has 84 valence electrons. The highest BCUT2D eigenvalue weighted by Crippen LogP contribution is 2.23. The number of methoxy groups -OCH3 is 1. The van der Waals surface area contributed by atoms with Gasteiger partial charge >= 0.3 is 0 Å². The van der Waals surface area contributed by atoms with Crippen molar-refractivity contribution in [3.8, 4) is 11.8 Å². The fourth-order valence-electron chi connectivity index (χ4n) is 1.30. The molecule has 0 aromatic carbocycles. The van der Waals surface area contributed by atoms with Gasteiger partial charge in [0.2, 0.25) is 11.8 Å². The maximum atomic E-state index is 5.75. The van der Waals surface area contributed by atoms with Gasteiger partial charge in [-0.05, 0) is 19.4 Å². The van der Waals surface area contributed by atoms with E-state index in [-0.39, 0.29) is 6.10 Å². The van der Waals surface area contributed by atoms with Gasteiger partial charge in [-0.2, -0.15) is 4.98 Å². The molecule has 4 nitrogen and oxygen atoms in total. The van der Waals surface area contributed by atoms with Crippen molar-refractivity contribution in [2.24, 2.45) is 0 Å². The molecule has 0 aliphatic heterocycles. The van der Waals surface area contributed by atoms with Crippen LogP contribution < -0.4 is 15.2 Å². The first-order valence-corrected chi connectivity index (χ1v) is 5.14. The molecule has 1 aromatic heterocycles. The minimum atomic E-state index is 0.122.